The number of hydrogen-bond acceptors (Lipinski definition) is 4. The molecule has 134 valence electrons. The fourth-order valence-electron chi connectivity index (χ4n) is 3.86. The standard InChI is InChI=1S/C23H20N2OS/c1-14-12-16(13-15(2)20(14)26)21-24-18-8-9-19(25-22(18)27-21)23(10-11-23)17-6-4-3-5-7-17/h3-9,12-13,26H,10-11H2,1-2H3. The van der Waals surface area contributed by atoms with Crippen molar-refractivity contribution < 1.29 is 5.11 Å². The molecule has 0 unspecified atom stereocenters. The van der Waals surface area contributed by atoms with Gasteiger partial charge >= 0.3 is 0 Å². The van der Waals surface area contributed by atoms with E-state index in [9.17, 15) is 5.11 Å². The summed E-state index contributed by atoms with van der Waals surface area (Å²) >= 11 is 1.62. The number of nitrogens with zero attached hydrogens (tertiary/aromatic N) is 2. The van der Waals surface area contributed by atoms with Gasteiger partial charge in [0.25, 0.3) is 0 Å². The van der Waals surface area contributed by atoms with Crippen molar-refractivity contribution in [1.29, 1.82) is 0 Å². The minimum atomic E-state index is 0.0747. The highest BCUT2D eigenvalue weighted by Crippen LogP contribution is 2.53. The lowest BCUT2D eigenvalue weighted by atomic mass is 9.92. The fraction of sp³-hybridized carbons (Fsp3) is 0.217. The predicted octanol–water partition coefficient (Wildman–Crippen LogP) is 5.76. The Morgan fingerprint density at radius 3 is 2.30 bits per heavy atom. The molecule has 3 nitrogen and oxygen atoms in total. The highest BCUT2D eigenvalue weighted by atomic mass is 32.1. The van der Waals surface area contributed by atoms with Gasteiger partial charge in [-0.3, -0.25) is 0 Å². The first-order chi connectivity index (χ1) is 13.1. The molecule has 2 heterocycles. The first kappa shape index (κ1) is 16.5. The number of benzene rings is 2. The minimum absolute atomic E-state index is 0.0747. The summed E-state index contributed by atoms with van der Waals surface area (Å²) in [4.78, 5) is 10.8. The van der Waals surface area contributed by atoms with E-state index in [1.165, 1.54) is 5.56 Å². The number of rotatable bonds is 3. The summed E-state index contributed by atoms with van der Waals surface area (Å²) in [5, 5.41) is 11.0. The third kappa shape index (κ3) is 2.63. The van der Waals surface area contributed by atoms with E-state index in [0.29, 0.717) is 5.75 Å². The van der Waals surface area contributed by atoms with Crippen molar-refractivity contribution in [1.82, 2.24) is 9.97 Å². The molecule has 0 saturated heterocycles. The monoisotopic (exact) mass is 372 g/mol. The van der Waals surface area contributed by atoms with Crippen LogP contribution in [0.5, 0.6) is 5.75 Å². The largest absolute Gasteiger partial charge is 0.507 e. The number of thiazole rings is 1. The molecule has 1 N–H and O–H groups in total. The van der Waals surface area contributed by atoms with Gasteiger partial charge in [-0.05, 0) is 67.6 Å². The van der Waals surface area contributed by atoms with Crippen LogP contribution < -0.4 is 0 Å². The maximum absolute atomic E-state index is 10.0. The molecule has 0 bridgehead atoms. The van der Waals surface area contributed by atoms with Crippen LogP contribution in [0.25, 0.3) is 20.9 Å². The Balaban J connectivity index is 1.59. The van der Waals surface area contributed by atoms with Crippen LogP contribution in [-0.2, 0) is 5.41 Å². The van der Waals surface area contributed by atoms with E-state index in [-0.39, 0.29) is 5.41 Å². The first-order valence-electron chi connectivity index (χ1n) is 9.21. The molecule has 4 aromatic rings. The summed E-state index contributed by atoms with van der Waals surface area (Å²) in [5.74, 6) is 0.360. The van der Waals surface area contributed by atoms with Gasteiger partial charge in [0.1, 0.15) is 21.1 Å². The number of aromatic hydroxyl groups is 1. The van der Waals surface area contributed by atoms with Gasteiger partial charge < -0.3 is 5.11 Å². The molecule has 2 aromatic carbocycles. The normalized spacial score (nSPS) is 15.2. The molecule has 0 amide bonds. The lowest BCUT2D eigenvalue weighted by Crippen LogP contribution is -2.10. The summed E-state index contributed by atoms with van der Waals surface area (Å²) < 4.78 is 0. The molecule has 1 saturated carbocycles. The maximum Gasteiger partial charge on any atom is 0.144 e. The van der Waals surface area contributed by atoms with E-state index in [4.69, 9.17) is 9.97 Å². The van der Waals surface area contributed by atoms with Crippen molar-refractivity contribution in [3.63, 3.8) is 0 Å². The van der Waals surface area contributed by atoms with Crippen molar-refractivity contribution in [2.75, 3.05) is 0 Å². The van der Waals surface area contributed by atoms with Gasteiger partial charge in [0.05, 0.1) is 5.69 Å². The predicted molar refractivity (Wildman–Crippen MR) is 110 cm³/mol. The summed E-state index contributed by atoms with van der Waals surface area (Å²) in [5.41, 5.74) is 6.30. The Morgan fingerprint density at radius 1 is 0.926 bits per heavy atom. The second-order valence-corrected chi connectivity index (χ2v) is 8.42. The van der Waals surface area contributed by atoms with Crippen LogP contribution in [0.15, 0.2) is 54.6 Å². The van der Waals surface area contributed by atoms with Crippen LogP contribution >= 0.6 is 11.3 Å². The highest BCUT2D eigenvalue weighted by molar-refractivity contribution is 7.21. The number of hydrogen-bond donors (Lipinski definition) is 1. The van der Waals surface area contributed by atoms with E-state index in [0.717, 1.165) is 50.6 Å². The zero-order valence-electron chi connectivity index (χ0n) is 15.4. The van der Waals surface area contributed by atoms with Crippen molar-refractivity contribution >= 4 is 21.7 Å². The molecule has 2 aromatic heterocycles. The Hall–Kier alpha value is -2.72. The van der Waals surface area contributed by atoms with Gasteiger partial charge in [-0.15, -0.1) is 0 Å². The third-order valence-corrected chi connectivity index (χ3v) is 6.57. The lowest BCUT2D eigenvalue weighted by molar-refractivity contribution is 0.467. The number of aryl methyl sites for hydroxylation is 2. The molecule has 0 radical (unpaired) electrons. The molecule has 0 atom stereocenters. The zero-order chi connectivity index (χ0) is 18.6. The summed E-state index contributed by atoms with van der Waals surface area (Å²) in [6, 6.07) is 18.9. The van der Waals surface area contributed by atoms with Gasteiger partial charge in [0, 0.05) is 11.0 Å². The van der Waals surface area contributed by atoms with E-state index in [2.05, 4.69) is 42.5 Å². The smallest absolute Gasteiger partial charge is 0.144 e. The number of fused-ring (bicyclic) bond motifs is 1. The van der Waals surface area contributed by atoms with Crippen LogP contribution in [0.4, 0.5) is 0 Å². The van der Waals surface area contributed by atoms with E-state index >= 15 is 0 Å². The quantitative estimate of drug-likeness (QED) is 0.497. The van der Waals surface area contributed by atoms with Crippen molar-refractivity contribution in [2.24, 2.45) is 0 Å². The number of pyridine rings is 1. The number of phenolic OH excluding ortho intramolecular Hbond substituents is 1. The van der Waals surface area contributed by atoms with Crippen molar-refractivity contribution in [3.05, 3.63) is 77.0 Å². The van der Waals surface area contributed by atoms with Crippen molar-refractivity contribution in [2.45, 2.75) is 32.1 Å². The topological polar surface area (TPSA) is 46.0 Å². The average molecular weight is 372 g/mol. The van der Waals surface area contributed by atoms with E-state index in [1.54, 1.807) is 11.3 Å². The number of aromatic nitrogens is 2. The number of phenols is 1. The van der Waals surface area contributed by atoms with Crippen LogP contribution in [0.2, 0.25) is 0 Å². The first-order valence-corrected chi connectivity index (χ1v) is 10.0. The third-order valence-electron chi connectivity index (χ3n) is 5.56. The van der Waals surface area contributed by atoms with Crippen LogP contribution in [-0.4, -0.2) is 15.1 Å². The van der Waals surface area contributed by atoms with Gasteiger partial charge in [0.15, 0.2) is 0 Å². The van der Waals surface area contributed by atoms with Gasteiger partial charge in [-0.2, -0.15) is 0 Å². The maximum atomic E-state index is 10.0. The molecule has 1 aliphatic rings. The zero-order valence-corrected chi connectivity index (χ0v) is 16.2. The summed E-state index contributed by atoms with van der Waals surface area (Å²) in [7, 11) is 0. The Bertz CT molecular complexity index is 1140. The summed E-state index contributed by atoms with van der Waals surface area (Å²) in [6.45, 7) is 3.85. The SMILES string of the molecule is Cc1cc(-c2nc3ccc(C4(c5ccccc5)CC4)nc3s2)cc(C)c1O. The molecular formula is C23H20N2OS. The summed E-state index contributed by atoms with van der Waals surface area (Å²) in [6.07, 6.45) is 2.30. The molecule has 1 aliphatic carbocycles. The second kappa shape index (κ2) is 5.89. The van der Waals surface area contributed by atoms with Crippen molar-refractivity contribution in [3.8, 4) is 16.3 Å². The molecule has 0 spiro atoms. The van der Waals surface area contributed by atoms with E-state index < -0.39 is 0 Å². The lowest BCUT2D eigenvalue weighted by Gasteiger charge is -2.14. The van der Waals surface area contributed by atoms with Gasteiger partial charge in [0.2, 0.25) is 0 Å². The van der Waals surface area contributed by atoms with Gasteiger partial charge in [-0.25, -0.2) is 9.97 Å². The minimum Gasteiger partial charge on any atom is -0.507 e. The Kier molecular flexibility index (Phi) is 3.59. The molecule has 4 heteroatoms. The van der Waals surface area contributed by atoms with E-state index in [1.807, 2.05) is 26.0 Å². The molecule has 0 aliphatic heterocycles. The van der Waals surface area contributed by atoms with Crippen LogP contribution in [0, 0.1) is 13.8 Å². The van der Waals surface area contributed by atoms with Crippen LogP contribution in [0.1, 0.15) is 35.2 Å². The Morgan fingerprint density at radius 2 is 1.63 bits per heavy atom. The average Bonchev–Trinajstić information content (AvgIpc) is 3.39. The second-order valence-electron chi connectivity index (χ2n) is 7.45. The molecule has 27 heavy (non-hydrogen) atoms. The molecule has 5 rings (SSSR count). The highest BCUT2D eigenvalue weighted by Gasteiger charge is 2.47. The van der Waals surface area contributed by atoms with Crippen LogP contribution in [0.3, 0.4) is 0 Å². The Labute approximate surface area is 162 Å². The molecule has 1 fully saturated rings. The van der Waals surface area contributed by atoms with Gasteiger partial charge in [-0.1, -0.05) is 41.7 Å². The fourth-order valence-corrected chi connectivity index (χ4v) is 4.79. The molecular weight excluding hydrogens is 352 g/mol.